The number of rotatable bonds is 10. The van der Waals surface area contributed by atoms with Crippen LogP contribution in [0.3, 0.4) is 0 Å². The molecule has 7 rings (SSSR count). The summed E-state index contributed by atoms with van der Waals surface area (Å²) in [6, 6.07) is 14.1. The summed E-state index contributed by atoms with van der Waals surface area (Å²) in [5.41, 5.74) is 1.98. The average Bonchev–Trinajstić information content (AvgIpc) is 3.86. The zero-order valence-corrected chi connectivity index (χ0v) is 26.0. The lowest BCUT2D eigenvalue weighted by molar-refractivity contribution is -0.118. The van der Waals surface area contributed by atoms with Gasteiger partial charge in [0.2, 0.25) is 12.7 Å². The number of fused-ring (bicyclic) bond motifs is 5. The van der Waals surface area contributed by atoms with E-state index in [9.17, 15) is 24.6 Å². The molecule has 2 aliphatic heterocycles. The van der Waals surface area contributed by atoms with Gasteiger partial charge in [-0.15, -0.1) is 0 Å². The highest BCUT2D eigenvalue weighted by atomic mass is 16.7. The maximum atomic E-state index is 14.5. The highest BCUT2D eigenvalue weighted by molar-refractivity contribution is 5.99. The van der Waals surface area contributed by atoms with Crippen LogP contribution in [-0.2, 0) is 11.3 Å². The van der Waals surface area contributed by atoms with Gasteiger partial charge in [-0.3, -0.25) is 14.4 Å². The number of nitrogens with one attached hydrogen (secondary N) is 1. The van der Waals surface area contributed by atoms with Crippen molar-refractivity contribution >= 4 is 29.1 Å². The van der Waals surface area contributed by atoms with Crippen molar-refractivity contribution in [3.05, 3.63) is 88.7 Å². The number of para-hydroxylation sites is 1. The van der Waals surface area contributed by atoms with Crippen LogP contribution in [-0.4, -0.2) is 85.6 Å². The number of aldehydes is 1. The van der Waals surface area contributed by atoms with Crippen LogP contribution in [0.5, 0.6) is 28.7 Å². The van der Waals surface area contributed by atoms with E-state index in [1.54, 1.807) is 48.5 Å². The van der Waals surface area contributed by atoms with Crippen LogP contribution in [0.1, 0.15) is 38.0 Å². The largest absolute Gasteiger partial charge is 0.493 e. The second-order valence-electron chi connectivity index (χ2n) is 11.5. The van der Waals surface area contributed by atoms with Crippen molar-refractivity contribution in [1.82, 2.24) is 10.2 Å². The van der Waals surface area contributed by atoms with Crippen molar-refractivity contribution in [1.29, 1.82) is 0 Å². The van der Waals surface area contributed by atoms with Gasteiger partial charge in [0.05, 0.1) is 32.8 Å². The third-order valence-corrected chi connectivity index (χ3v) is 8.76. The van der Waals surface area contributed by atoms with Gasteiger partial charge >= 0.3 is 0 Å². The SMILES string of the molecule is COc1cc(C=O)cc2c1OC1C2C(C(=O)NCCO)=CC(N(Cc2ccc3c(c2)OCO3)C(=O)c2cc3cccc(OC)c3o2)C1O. The molecule has 48 heavy (non-hydrogen) atoms. The van der Waals surface area contributed by atoms with E-state index in [0.717, 1.165) is 0 Å². The van der Waals surface area contributed by atoms with E-state index in [4.69, 9.17) is 28.1 Å². The number of carbonyl (C=O) groups is 3. The third kappa shape index (κ3) is 5.26. The van der Waals surface area contributed by atoms with Crippen LogP contribution in [0.4, 0.5) is 0 Å². The lowest BCUT2D eigenvalue weighted by Crippen LogP contribution is -2.55. The zero-order chi connectivity index (χ0) is 33.5. The number of furan rings is 1. The Morgan fingerprint density at radius 1 is 1.04 bits per heavy atom. The Balaban J connectivity index is 1.35. The fraction of sp³-hybridized carbons (Fsp3) is 0.286. The summed E-state index contributed by atoms with van der Waals surface area (Å²) < 4.78 is 34.3. The number of ether oxygens (including phenoxy) is 5. The Morgan fingerprint density at radius 2 is 1.85 bits per heavy atom. The Kier molecular flexibility index (Phi) is 8.15. The predicted octanol–water partition coefficient (Wildman–Crippen LogP) is 2.96. The van der Waals surface area contributed by atoms with E-state index in [1.807, 2.05) is 0 Å². The lowest BCUT2D eigenvalue weighted by atomic mass is 9.77. The van der Waals surface area contributed by atoms with Crippen molar-refractivity contribution in [3.63, 3.8) is 0 Å². The molecule has 0 saturated carbocycles. The molecular weight excluding hydrogens is 624 g/mol. The maximum Gasteiger partial charge on any atom is 0.290 e. The standard InChI is InChI=1S/C35H32N2O11/c1-43-25-5-3-4-20-13-28(47-31(20)25)35(42)37(15-18-6-7-24-26(11-18)46-17-45-24)23-14-22(34(41)36-8-9-38)29-21-10-19(16-39)12-27(44-2)32(21)48-33(29)30(23)40/h3-7,10-14,16,23,29-30,33,38,40H,8-9,15,17H2,1-2H3,(H,36,41). The Morgan fingerprint density at radius 3 is 2.62 bits per heavy atom. The maximum absolute atomic E-state index is 14.5. The number of benzene rings is 3. The monoisotopic (exact) mass is 656 g/mol. The van der Waals surface area contributed by atoms with Crippen molar-refractivity contribution in [3.8, 4) is 28.7 Å². The van der Waals surface area contributed by atoms with Crippen molar-refractivity contribution in [2.24, 2.45) is 0 Å². The smallest absolute Gasteiger partial charge is 0.290 e. The van der Waals surface area contributed by atoms with E-state index in [2.05, 4.69) is 5.32 Å². The van der Waals surface area contributed by atoms with Gasteiger partial charge < -0.3 is 48.5 Å². The number of nitrogens with zero attached hydrogens (tertiary/aromatic N) is 1. The van der Waals surface area contributed by atoms with E-state index in [0.29, 0.717) is 51.2 Å². The number of aliphatic hydroxyl groups excluding tert-OH is 2. The summed E-state index contributed by atoms with van der Waals surface area (Å²) in [6.45, 7) is -0.308. The molecule has 1 aliphatic carbocycles. The highest BCUT2D eigenvalue weighted by Gasteiger charge is 2.51. The minimum absolute atomic E-state index is 0.0165. The highest BCUT2D eigenvalue weighted by Crippen LogP contribution is 2.51. The van der Waals surface area contributed by atoms with Crippen LogP contribution in [0, 0.1) is 0 Å². The van der Waals surface area contributed by atoms with Gasteiger partial charge in [-0.1, -0.05) is 18.2 Å². The van der Waals surface area contributed by atoms with Gasteiger partial charge in [-0.05, 0) is 48.0 Å². The van der Waals surface area contributed by atoms with Crippen LogP contribution in [0.25, 0.3) is 11.0 Å². The molecule has 3 aliphatic rings. The summed E-state index contributed by atoms with van der Waals surface area (Å²) in [5.74, 6) is 0.0914. The molecule has 3 heterocycles. The Hall–Kier alpha value is -5.53. The average molecular weight is 657 g/mol. The summed E-state index contributed by atoms with van der Waals surface area (Å²) in [5, 5.41) is 24.8. The van der Waals surface area contributed by atoms with Crippen LogP contribution in [0.2, 0.25) is 0 Å². The van der Waals surface area contributed by atoms with Crippen molar-refractivity contribution < 1.29 is 52.7 Å². The molecule has 4 unspecified atom stereocenters. The molecule has 248 valence electrons. The number of methoxy groups -OCH3 is 2. The van der Waals surface area contributed by atoms with Crippen LogP contribution < -0.4 is 29.0 Å². The summed E-state index contributed by atoms with van der Waals surface area (Å²) in [7, 11) is 2.92. The molecule has 3 N–H and O–H groups in total. The first-order valence-corrected chi connectivity index (χ1v) is 15.2. The summed E-state index contributed by atoms with van der Waals surface area (Å²) in [6.07, 6.45) is -0.228. The molecule has 3 aromatic carbocycles. The zero-order valence-electron chi connectivity index (χ0n) is 26.0. The second-order valence-corrected chi connectivity index (χ2v) is 11.5. The molecule has 1 aromatic heterocycles. The predicted molar refractivity (Wildman–Crippen MR) is 169 cm³/mol. The van der Waals surface area contributed by atoms with Gasteiger partial charge in [0, 0.05) is 35.2 Å². The summed E-state index contributed by atoms with van der Waals surface area (Å²) >= 11 is 0. The molecule has 0 saturated heterocycles. The molecule has 13 heteroatoms. The molecule has 2 amide bonds. The fourth-order valence-electron chi connectivity index (χ4n) is 6.55. The van der Waals surface area contributed by atoms with Crippen molar-refractivity contribution in [2.45, 2.75) is 30.7 Å². The van der Waals surface area contributed by atoms with Gasteiger partial charge in [0.25, 0.3) is 5.91 Å². The molecule has 0 fully saturated rings. The van der Waals surface area contributed by atoms with E-state index < -0.39 is 36.0 Å². The molecular formula is C35H32N2O11. The minimum atomic E-state index is -1.36. The first-order valence-electron chi connectivity index (χ1n) is 15.2. The van der Waals surface area contributed by atoms with Crippen molar-refractivity contribution in [2.75, 3.05) is 34.2 Å². The molecule has 13 nitrogen and oxygen atoms in total. The van der Waals surface area contributed by atoms with Crippen LogP contribution in [0.15, 0.2) is 70.7 Å². The van der Waals surface area contributed by atoms with Gasteiger partial charge in [-0.2, -0.15) is 0 Å². The number of carbonyl (C=O) groups excluding carboxylic acids is 3. The number of hydrogen-bond donors (Lipinski definition) is 3. The van der Waals surface area contributed by atoms with E-state index in [-0.39, 0.29) is 49.3 Å². The molecule has 4 atom stereocenters. The van der Waals surface area contributed by atoms with Crippen LogP contribution >= 0.6 is 0 Å². The van der Waals surface area contributed by atoms with Gasteiger partial charge in [0.15, 0.2) is 40.1 Å². The summed E-state index contributed by atoms with van der Waals surface area (Å²) in [4.78, 5) is 41.4. The Bertz CT molecular complexity index is 1950. The topological polar surface area (TPSA) is 166 Å². The lowest BCUT2D eigenvalue weighted by Gasteiger charge is -2.40. The van der Waals surface area contributed by atoms with E-state index in [1.165, 1.54) is 31.3 Å². The first kappa shape index (κ1) is 31.1. The Labute approximate surface area is 274 Å². The molecule has 0 radical (unpaired) electrons. The van der Waals surface area contributed by atoms with Gasteiger partial charge in [-0.25, -0.2) is 0 Å². The minimum Gasteiger partial charge on any atom is -0.493 e. The van der Waals surface area contributed by atoms with E-state index >= 15 is 0 Å². The number of hydrogen-bond acceptors (Lipinski definition) is 11. The molecule has 0 spiro atoms. The third-order valence-electron chi connectivity index (χ3n) is 8.76. The quantitative estimate of drug-likeness (QED) is 0.215. The number of aliphatic hydroxyl groups is 2. The fourth-order valence-corrected chi connectivity index (χ4v) is 6.55. The number of amides is 2. The normalized spacial score (nSPS) is 20.3. The first-order chi connectivity index (χ1) is 23.3. The molecule has 4 aromatic rings. The second kappa shape index (κ2) is 12.6. The van der Waals surface area contributed by atoms with Gasteiger partial charge in [0.1, 0.15) is 18.5 Å². The molecule has 0 bridgehead atoms.